The van der Waals surface area contributed by atoms with Crippen LogP contribution in [-0.2, 0) is 0 Å². The third-order valence-corrected chi connectivity index (χ3v) is 2.06. The van der Waals surface area contributed by atoms with Crippen molar-refractivity contribution in [2.45, 2.75) is 6.42 Å². The standard InChI is InChI=1S/C11H13N3O/c1-14(8-2-7-12)11(15)9-3-5-10(13)6-4-9/h3-6H,2,8,13H2,1H3. The van der Waals surface area contributed by atoms with Gasteiger partial charge in [-0.3, -0.25) is 4.79 Å². The number of carbonyl (C=O) groups excluding carboxylic acids is 1. The maximum absolute atomic E-state index is 11.7. The maximum atomic E-state index is 11.7. The summed E-state index contributed by atoms with van der Waals surface area (Å²) in [6.07, 6.45) is 0.344. The Morgan fingerprint density at radius 2 is 2.07 bits per heavy atom. The van der Waals surface area contributed by atoms with Crippen LogP contribution < -0.4 is 5.73 Å². The van der Waals surface area contributed by atoms with Gasteiger partial charge in [-0.1, -0.05) is 0 Å². The molecule has 0 aliphatic carbocycles. The van der Waals surface area contributed by atoms with Gasteiger partial charge in [-0.2, -0.15) is 5.26 Å². The van der Waals surface area contributed by atoms with Gasteiger partial charge in [0.1, 0.15) is 0 Å². The Bertz CT molecular complexity index is 378. The molecule has 0 bridgehead atoms. The molecule has 0 saturated heterocycles. The highest BCUT2D eigenvalue weighted by Gasteiger charge is 2.10. The van der Waals surface area contributed by atoms with Crippen molar-refractivity contribution in [3.63, 3.8) is 0 Å². The molecule has 78 valence electrons. The molecule has 0 aromatic heterocycles. The first kappa shape index (κ1) is 11.1. The Balaban J connectivity index is 2.68. The highest BCUT2D eigenvalue weighted by Crippen LogP contribution is 2.07. The molecule has 4 heteroatoms. The van der Waals surface area contributed by atoms with Crippen LogP contribution in [0.15, 0.2) is 24.3 Å². The van der Waals surface area contributed by atoms with E-state index in [1.54, 1.807) is 31.3 Å². The van der Waals surface area contributed by atoms with Gasteiger partial charge in [0.2, 0.25) is 0 Å². The SMILES string of the molecule is CN(CCC#N)C(=O)c1ccc(N)cc1. The van der Waals surface area contributed by atoms with Crippen molar-refractivity contribution in [3.05, 3.63) is 29.8 Å². The largest absolute Gasteiger partial charge is 0.399 e. The molecule has 4 nitrogen and oxygen atoms in total. The number of carbonyl (C=O) groups is 1. The fourth-order valence-corrected chi connectivity index (χ4v) is 1.17. The predicted octanol–water partition coefficient (Wildman–Crippen LogP) is 1.25. The van der Waals surface area contributed by atoms with Crippen molar-refractivity contribution >= 4 is 11.6 Å². The van der Waals surface area contributed by atoms with E-state index in [1.165, 1.54) is 4.90 Å². The van der Waals surface area contributed by atoms with E-state index in [9.17, 15) is 4.79 Å². The Kier molecular flexibility index (Phi) is 3.69. The second-order valence-corrected chi connectivity index (χ2v) is 3.26. The Morgan fingerprint density at radius 1 is 1.47 bits per heavy atom. The molecule has 0 unspecified atom stereocenters. The lowest BCUT2D eigenvalue weighted by Crippen LogP contribution is -2.27. The molecule has 0 saturated carbocycles. The van der Waals surface area contributed by atoms with Crippen LogP contribution >= 0.6 is 0 Å². The lowest BCUT2D eigenvalue weighted by Gasteiger charge is -2.15. The smallest absolute Gasteiger partial charge is 0.253 e. The third kappa shape index (κ3) is 2.99. The number of nitrogens with zero attached hydrogens (tertiary/aromatic N) is 2. The second-order valence-electron chi connectivity index (χ2n) is 3.26. The molecule has 1 aromatic carbocycles. The van der Waals surface area contributed by atoms with Crippen molar-refractivity contribution in [1.29, 1.82) is 5.26 Å². The summed E-state index contributed by atoms with van der Waals surface area (Å²) in [5.41, 5.74) is 6.73. The molecular weight excluding hydrogens is 190 g/mol. The van der Waals surface area contributed by atoms with E-state index >= 15 is 0 Å². The lowest BCUT2D eigenvalue weighted by atomic mass is 10.2. The van der Waals surface area contributed by atoms with Crippen LogP contribution in [0.25, 0.3) is 0 Å². The molecule has 0 radical (unpaired) electrons. The Labute approximate surface area is 88.9 Å². The predicted molar refractivity (Wildman–Crippen MR) is 58.0 cm³/mol. The van der Waals surface area contributed by atoms with Crippen molar-refractivity contribution in [3.8, 4) is 6.07 Å². The van der Waals surface area contributed by atoms with Crippen LogP contribution in [0, 0.1) is 11.3 Å². The first-order valence-electron chi connectivity index (χ1n) is 4.63. The Hall–Kier alpha value is -2.02. The normalized spacial score (nSPS) is 9.33. The monoisotopic (exact) mass is 203 g/mol. The van der Waals surface area contributed by atoms with E-state index < -0.39 is 0 Å². The first-order valence-corrected chi connectivity index (χ1v) is 4.63. The number of benzene rings is 1. The van der Waals surface area contributed by atoms with Gasteiger partial charge in [0, 0.05) is 24.8 Å². The number of hydrogen-bond donors (Lipinski definition) is 1. The fourth-order valence-electron chi connectivity index (χ4n) is 1.17. The zero-order valence-corrected chi connectivity index (χ0v) is 8.60. The molecule has 0 spiro atoms. The minimum absolute atomic E-state index is 0.0924. The molecule has 0 fully saturated rings. The van der Waals surface area contributed by atoms with Gasteiger partial charge in [0.25, 0.3) is 5.91 Å². The number of rotatable bonds is 3. The van der Waals surface area contributed by atoms with Crippen molar-refractivity contribution < 1.29 is 4.79 Å². The summed E-state index contributed by atoms with van der Waals surface area (Å²) in [7, 11) is 1.68. The first-order chi connectivity index (χ1) is 7.15. The average molecular weight is 203 g/mol. The van der Waals surface area contributed by atoms with Crippen molar-refractivity contribution in [2.75, 3.05) is 19.3 Å². The number of nitriles is 1. The van der Waals surface area contributed by atoms with Crippen LogP contribution in [-0.4, -0.2) is 24.4 Å². The topological polar surface area (TPSA) is 70.1 Å². The number of amides is 1. The number of anilines is 1. The van der Waals surface area contributed by atoms with Crippen LogP contribution in [0.4, 0.5) is 5.69 Å². The van der Waals surface area contributed by atoms with Gasteiger partial charge in [0.05, 0.1) is 12.5 Å². The van der Waals surface area contributed by atoms with E-state index in [4.69, 9.17) is 11.0 Å². The average Bonchev–Trinajstić information content (AvgIpc) is 2.26. The molecule has 0 aliphatic heterocycles. The number of nitrogen functional groups attached to an aromatic ring is 1. The van der Waals surface area contributed by atoms with Crippen molar-refractivity contribution in [1.82, 2.24) is 4.90 Å². The number of hydrogen-bond acceptors (Lipinski definition) is 3. The van der Waals surface area contributed by atoms with Crippen LogP contribution in [0.2, 0.25) is 0 Å². The highest BCUT2D eigenvalue weighted by atomic mass is 16.2. The summed E-state index contributed by atoms with van der Waals surface area (Å²) in [6, 6.07) is 8.73. The second kappa shape index (κ2) is 5.01. The molecular formula is C11H13N3O. The van der Waals surface area contributed by atoms with E-state index in [0.29, 0.717) is 24.2 Å². The summed E-state index contributed by atoms with van der Waals surface area (Å²) < 4.78 is 0. The van der Waals surface area contributed by atoms with Gasteiger partial charge >= 0.3 is 0 Å². The van der Waals surface area contributed by atoms with Gasteiger partial charge in [0.15, 0.2) is 0 Å². The molecule has 0 heterocycles. The molecule has 15 heavy (non-hydrogen) atoms. The van der Waals surface area contributed by atoms with E-state index in [0.717, 1.165) is 0 Å². The van der Waals surface area contributed by atoms with E-state index in [2.05, 4.69) is 0 Å². The summed E-state index contributed by atoms with van der Waals surface area (Å²) >= 11 is 0. The summed E-state index contributed by atoms with van der Waals surface area (Å²) in [6.45, 7) is 0.444. The molecule has 0 aliphatic rings. The number of nitrogens with two attached hydrogens (primary N) is 1. The third-order valence-electron chi connectivity index (χ3n) is 2.06. The zero-order valence-electron chi connectivity index (χ0n) is 8.60. The molecule has 0 atom stereocenters. The molecule has 1 amide bonds. The van der Waals surface area contributed by atoms with Gasteiger partial charge in [-0.25, -0.2) is 0 Å². The van der Waals surface area contributed by atoms with Crippen molar-refractivity contribution in [2.24, 2.45) is 0 Å². The highest BCUT2D eigenvalue weighted by molar-refractivity contribution is 5.94. The quantitative estimate of drug-likeness (QED) is 0.752. The van der Waals surface area contributed by atoms with Crippen LogP contribution in [0.5, 0.6) is 0 Å². The Morgan fingerprint density at radius 3 is 2.60 bits per heavy atom. The fraction of sp³-hybridized carbons (Fsp3) is 0.273. The van der Waals surface area contributed by atoms with Gasteiger partial charge in [-0.15, -0.1) is 0 Å². The van der Waals surface area contributed by atoms with Gasteiger partial charge < -0.3 is 10.6 Å². The minimum Gasteiger partial charge on any atom is -0.399 e. The molecule has 1 rings (SSSR count). The zero-order chi connectivity index (χ0) is 11.3. The molecule has 1 aromatic rings. The lowest BCUT2D eigenvalue weighted by molar-refractivity contribution is 0.0798. The van der Waals surface area contributed by atoms with Gasteiger partial charge in [-0.05, 0) is 24.3 Å². The maximum Gasteiger partial charge on any atom is 0.253 e. The summed E-state index contributed by atoms with van der Waals surface area (Å²) in [5.74, 6) is -0.0924. The van der Waals surface area contributed by atoms with Crippen LogP contribution in [0.1, 0.15) is 16.8 Å². The summed E-state index contributed by atoms with van der Waals surface area (Å²) in [5, 5.41) is 8.40. The van der Waals surface area contributed by atoms with Crippen LogP contribution in [0.3, 0.4) is 0 Å². The minimum atomic E-state index is -0.0924. The van der Waals surface area contributed by atoms with E-state index in [1.807, 2.05) is 6.07 Å². The van der Waals surface area contributed by atoms with E-state index in [-0.39, 0.29) is 5.91 Å². The summed E-state index contributed by atoms with van der Waals surface area (Å²) in [4.78, 5) is 13.3. The molecule has 2 N–H and O–H groups in total.